The largest absolute Gasteiger partial charge is 0.504 e. The molecule has 0 atom stereocenters. The minimum absolute atomic E-state index is 0.0151. The third-order valence-corrected chi connectivity index (χ3v) is 9.27. The first-order valence-electron chi connectivity index (χ1n) is 19.3. The first-order valence-corrected chi connectivity index (χ1v) is 19.3. The molecule has 0 unspecified atom stereocenters. The number of hydrogen-bond donors (Lipinski definition) is 1. The van der Waals surface area contributed by atoms with Crippen molar-refractivity contribution in [3.05, 3.63) is 102 Å². The Morgan fingerprint density at radius 1 is 0.367 bits per heavy atom. The lowest BCUT2D eigenvalue weighted by Crippen LogP contribution is -2.00. The summed E-state index contributed by atoms with van der Waals surface area (Å²) in [6, 6.07) is 28.1. The molecule has 0 aromatic heterocycles. The van der Waals surface area contributed by atoms with E-state index in [-0.39, 0.29) is 11.5 Å². The summed E-state index contributed by atoms with van der Waals surface area (Å²) in [5.74, 6) is 3.47. The van der Waals surface area contributed by atoms with Gasteiger partial charge in [0.1, 0.15) is 17.2 Å². The smallest absolute Gasteiger partial charge is 0.216 e. The van der Waals surface area contributed by atoms with Crippen LogP contribution in [0, 0.1) is 0 Å². The van der Waals surface area contributed by atoms with Crippen LogP contribution < -0.4 is 14.2 Å². The summed E-state index contributed by atoms with van der Waals surface area (Å²) in [6.07, 6.45) is 21.0. The zero-order valence-corrected chi connectivity index (χ0v) is 30.5. The van der Waals surface area contributed by atoms with Crippen LogP contribution in [0.4, 0.5) is 0 Å². The maximum Gasteiger partial charge on any atom is 0.216 e. The van der Waals surface area contributed by atoms with Crippen molar-refractivity contribution in [3.63, 3.8) is 0 Å². The van der Waals surface area contributed by atoms with E-state index in [1.54, 1.807) is 12.1 Å². The number of ether oxygens (including phenoxy) is 3. The van der Waals surface area contributed by atoms with Gasteiger partial charge in [-0.1, -0.05) is 152 Å². The van der Waals surface area contributed by atoms with Gasteiger partial charge in [-0.15, -0.1) is 0 Å². The molecule has 0 amide bonds. The van der Waals surface area contributed by atoms with Crippen LogP contribution in [-0.2, 0) is 19.3 Å². The molecule has 4 aromatic rings. The second-order valence-electron chi connectivity index (χ2n) is 13.4. The molecule has 49 heavy (non-hydrogen) atoms. The molecule has 264 valence electrons. The van der Waals surface area contributed by atoms with Crippen LogP contribution in [0.15, 0.2) is 84.9 Å². The summed E-state index contributed by atoms with van der Waals surface area (Å²) in [7, 11) is 0. The molecule has 0 bridgehead atoms. The van der Waals surface area contributed by atoms with Crippen molar-refractivity contribution in [1.29, 1.82) is 0 Å². The lowest BCUT2D eigenvalue weighted by Gasteiger charge is -2.20. The van der Waals surface area contributed by atoms with Gasteiger partial charge < -0.3 is 19.3 Å². The van der Waals surface area contributed by atoms with E-state index in [1.807, 2.05) is 36.4 Å². The first kappa shape index (κ1) is 37.9. The van der Waals surface area contributed by atoms with Gasteiger partial charge in [-0.3, -0.25) is 0 Å². The van der Waals surface area contributed by atoms with Gasteiger partial charge in [0.15, 0.2) is 11.5 Å². The number of benzene rings is 4. The molecule has 4 nitrogen and oxygen atoms in total. The fourth-order valence-corrected chi connectivity index (χ4v) is 6.34. The molecule has 4 heteroatoms. The Labute approximate surface area is 296 Å². The Kier molecular flexibility index (Phi) is 17.0. The van der Waals surface area contributed by atoms with Gasteiger partial charge in [0.25, 0.3) is 0 Å². The van der Waals surface area contributed by atoms with Crippen LogP contribution in [0.5, 0.6) is 40.2 Å². The molecule has 4 aromatic carbocycles. The number of unbranched alkanes of at least 4 members (excludes halogenated alkanes) is 12. The highest BCUT2D eigenvalue weighted by molar-refractivity contribution is 5.62. The number of phenols is 1. The maximum atomic E-state index is 11.4. The highest BCUT2D eigenvalue weighted by atomic mass is 16.5. The normalized spacial score (nSPS) is 11.1. The maximum absolute atomic E-state index is 11.4. The van der Waals surface area contributed by atoms with E-state index >= 15 is 0 Å². The predicted molar refractivity (Wildman–Crippen MR) is 205 cm³/mol. The van der Waals surface area contributed by atoms with E-state index in [1.165, 1.54) is 82.6 Å². The summed E-state index contributed by atoms with van der Waals surface area (Å²) >= 11 is 0. The summed E-state index contributed by atoms with van der Waals surface area (Å²) < 4.78 is 20.1. The van der Waals surface area contributed by atoms with Crippen molar-refractivity contribution in [1.82, 2.24) is 0 Å². The van der Waals surface area contributed by atoms with Crippen molar-refractivity contribution >= 4 is 0 Å². The Morgan fingerprint density at radius 2 is 0.735 bits per heavy atom. The Hall–Kier alpha value is -3.92. The molecule has 0 aliphatic rings. The molecule has 0 aliphatic heterocycles. The van der Waals surface area contributed by atoms with Crippen LogP contribution in [0.25, 0.3) is 0 Å². The van der Waals surface area contributed by atoms with Crippen molar-refractivity contribution in [2.24, 2.45) is 0 Å². The van der Waals surface area contributed by atoms with Gasteiger partial charge in [-0.2, -0.15) is 0 Å². The van der Waals surface area contributed by atoms with E-state index in [4.69, 9.17) is 14.2 Å². The fourth-order valence-electron chi connectivity index (χ4n) is 6.34. The zero-order valence-electron chi connectivity index (χ0n) is 30.5. The van der Waals surface area contributed by atoms with Gasteiger partial charge in [0.05, 0.1) is 0 Å². The van der Waals surface area contributed by atoms with Crippen molar-refractivity contribution in [3.8, 4) is 40.2 Å². The highest BCUT2D eigenvalue weighted by Crippen LogP contribution is 2.50. The quantitative estimate of drug-likeness (QED) is 0.0757. The number of hydrogen-bond acceptors (Lipinski definition) is 4. The van der Waals surface area contributed by atoms with Gasteiger partial charge in [0.2, 0.25) is 11.5 Å². The van der Waals surface area contributed by atoms with E-state index in [0.717, 1.165) is 66.9 Å². The third-order valence-electron chi connectivity index (χ3n) is 9.27. The lowest BCUT2D eigenvalue weighted by atomic mass is 10.0. The summed E-state index contributed by atoms with van der Waals surface area (Å²) in [5.41, 5.74) is 3.43. The number of rotatable bonds is 24. The molecule has 0 saturated heterocycles. The van der Waals surface area contributed by atoms with Gasteiger partial charge in [0, 0.05) is 0 Å². The van der Waals surface area contributed by atoms with Crippen LogP contribution in [0.2, 0.25) is 0 Å². The minimum atomic E-state index is 0.0151. The van der Waals surface area contributed by atoms with Gasteiger partial charge in [-0.05, 0) is 85.5 Å². The SMILES string of the molecule is CCCCCCCc1ccccc1Oc1ccc(O)c(Oc2ccccc2CCCCCCC)c1Oc1ccccc1CCCCCCC. The molecule has 4 rings (SSSR count). The summed E-state index contributed by atoms with van der Waals surface area (Å²) in [6.45, 7) is 6.74. The molecule has 1 N–H and O–H groups in total. The predicted octanol–water partition coefficient (Wildman–Crippen LogP) is 14.3. The van der Waals surface area contributed by atoms with Crippen LogP contribution >= 0.6 is 0 Å². The average Bonchev–Trinajstić information content (AvgIpc) is 3.12. The second kappa shape index (κ2) is 21.9. The van der Waals surface area contributed by atoms with E-state index in [9.17, 15) is 5.11 Å². The summed E-state index contributed by atoms with van der Waals surface area (Å²) in [5, 5.41) is 11.4. The molecule has 0 heterocycles. The highest BCUT2D eigenvalue weighted by Gasteiger charge is 2.23. The van der Waals surface area contributed by atoms with Gasteiger partial charge >= 0.3 is 0 Å². The Morgan fingerprint density at radius 3 is 1.16 bits per heavy atom. The van der Waals surface area contributed by atoms with E-state index in [2.05, 4.69) is 57.2 Å². The second-order valence-corrected chi connectivity index (χ2v) is 13.4. The first-order chi connectivity index (χ1) is 24.1. The molecular formula is C45H60O4. The van der Waals surface area contributed by atoms with Crippen LogP contribution in [0.3, 0.4) is 0 Å². The number of phenolic OH excluding ortho intramolecular Hbond substituents is 1. The molecule has 0 spiro atoms. The monoisotopic (exact) mass is 664 g/mol. The Balaban J connectivity index is 1.67. The van der Waals surface area contributed by atoms with Crippen molar-refractivity contribution in [2.45, 2.75) is 136 Å². The van der Waals surface area contributed by atoms with Gasteiger partial charge in [-0.25, -0.2) is 0 Å². The fraction of sp³-hybridized carbons (Fsp3) is 0.467. The van der Waals surface area contributed by atoms with Crippen LogP contribution in [0.1, 0.15) is 134 Å². The van der Waals surface area contributed by atoms with E-state index in [0.29, 0.717) is 11.5 Å². The van der Waals surface area contributed by atoms with Crippen molar-refractivity contribution < 1.29 is 19.3 Å². The molecule has 0 saturated carbocycles. The third kappa shape index (κ3) is 12.5. The molecule has 0 aliphatic carbocycles. The molecule has 0 fully saturated rings. The Bertz CT molecular complexity index is 1510. The number of aryl methyl sites for hydroxylation is 3. The lowest BCUT2D eigenvalue weighted by molar-refractivity contribution is 0.358. The summed E-state index contributed by atoms with van der Waals surface area (Å²) in [4.78, 5) is 0. The number of para-hydroxylation sites is 3. The van der Waals surface area contributed by atoms with Crippen LogP contribution in [-0.4, -0.2) is 5.11 Å². The number of aromatic hydroxyl groups is 1. The minimum Gasteiger partial charge on any atom is -0.504 e. The zero-order chi connectivity index (χ0) is 34.5. The van der Waals surface area contributed by atoms with Crippen molar-refractivity contribution in [2.75, 3.05) is 0 Å². The average molecular weight is 665 g/mol. The topological polar surface area (TPSA) is 47.9 Å². The standard InChI is InChI=1S/C45H60O4/c1-4-7-10-13-16-25-36-28-19-22-31-40(36)47-43-35-34-39(46)44(48-41-32-23-20-29-37(41)26-17-14-11-8-5-2)45(43)49-42-33-24-21-30-38(42)27-18-15-12-9-6-3/h19-24,28-35,46H,4-18,25-27H2,1-3H3. The van der Waals surface area contributed by atoms with E-state index < -0.39 is 0 Å². The molecular weight excluding hydrogens is 604 g/mol. The molecule has 0 radical (unpaired) electrons.